The maximum absolute atomic E-state index is 12.0. The first-order chi connectivity index (χ1) is 10.6. The van der Waals surface area contributed by atoms with Gasteiger partial charge in [-0.3, -0.25) is 9.78 Å². The molecule has 2 rings (SSSR count). The van der Waals surface area contributed by atoms with Crippen molar-refractivity contribution in [2.75, 3.05) is 11.9 Å². The van der Waals surface area contributed by atoms with Crippen molar-refractivity contribution < 1.29 is 4.79 Å². The van der Waals surface area contributed by atoms with Crippen molar-refractivity contribution in [2.24, 2.45) is 0 Å². The van der Waals surface area contributed by atoms with Gasteiger partial charge in [-0.15, -0.1) is 0 Å². The van der Waals surface area contributed by atoms with E-state index in [0.29, 0.717) is 19.5 Å². The molecular weight excluding hydrogens is 274 g/mol. The Hall–Kier alpha value is -2.20. The number of aromatic nitrogens is 1. The van der Waals surface area contributed by atoms with Crippen LogP contribution in [0.1, 0.15) is 28.8 Å². The van der Waals surface area contributed by atoms with E-state index in [1.165, 1.54) is 5.56 Å². The van der Waals surface area contributed by atoms with Gasteiger partial charge in [0.1, 0.15) is 0 Å². The van der Waals surface area contributed by atoms with E-state index in [4.69, 9.17) is 0 Å². The lowest BCUT2D eigenvalue weighted by Crippen LogP contribution is -2.22. The Morgan fingerprint density at radius 3 is 2.50 bits per heavy atom. The van der Waals surface area contributed by atoms with Gasteiger partial charge in [-0.1, -0.05) is 23.8 Å². The average molecular weight is 297 g/mol. The van der Waals surface area contributed by atoms with Crippen molar-refractivity contribution in [2.45, 2.75) is 33.7 Å². The Labute approximate surface area is 132 Å². The molecule has 0 unspecified atom stereocenters. The van der Waals surface area contributed by atoms with Crippen molar-refractivity contribution in [1.82, 2.24) is 10.3 Å². The Bertz CT molecular complexity index is 615. The van der Waals surface area contributed by atoms with E-state index in [2.05, 4.69) is 34.7 Å². The van der Waals surface area contributed by atoms with Crippen LogP contribution in [0.5, 0.6) is 0 Å². The molecule has 0 bridgehead atoms. The van der Waals surface area contributed by atoms with Crippen LogP contribution in [0.4, 0.5) is 5.69 Å². The molecule has 0 radical (unpaired) electrons. The number of anilines is 1. The number of carbonyl (C=O) groups excluding carboxylic acids is 1. The van der Waals surface area contributed by atoms with Crippen LogP contribution in [0, 0.1) is 20.8 Å². The maximum atomic E-state index is 12.0. The Kier molecular flexibility index (Phi) is 5.67. The molecule has 0 aliphatic carbocycles. The van der Waals surface area contributed by atoms with Crippen LogP contribution < -0.4 is 10.6 Å². The first-order valence-corrected chi connectivity index (χ1v) is 7.54. The summed E-state index contributed by atoms with van der Waals surface area (Å²) in [5.74, 6) is 0.0311. The van der Waals surface area contributed by atoms with E-state index in [1.807, 2.05) is 32.0 Å². The zero-order valence-corrected chi connectivity index (χ0v) is 13.4. The smallest absolute Gasteiger partial charge is 0.225 e. The number of benzene rings is 1. The van der Waals surface area contributed by atoms with Gasteiger partial charge < -0.3 is 10.6 Å². The predicted molar refractivity (Wildman–Crippen MR) is 89.8 cm³/mol. The fraction of sp³-hybridized carbons (Fsp3) is 0.333. The molecule has 116 valence electrons. The molecule has 2 aromatic rings. The summed E-state index contributed by atoms with van der Waals surface area (Å²) in [6, 6.07) is 9.98. The van der Waals surface area contributed by atoms with Crippen LogP contribution in [0.25, 0.3) is 0 Å². The van der Waals surface area contributed by atoms with Gasteiger partial charge in [0.05, 0.1) is 5.69 Å². The summed E-state index contributed by atoms with van der Waals surface area (Å²) in [4.78, 5) is 16.3. The number of hydrogen-bond donors (Lipinski definition) is 2. The topological polar surface area (TPSA) is 54.0 Å². The Morgan fingerprint density at radius 1 is 1.14 bits per heavy atom. The zero-order valence-electron chi connectivity index (χ0n) is 13.4. The quantitative estimate of drug-likeness (QED) is 0.805. The van der Waals surface area contributed by atoms with E-state index in [1.54, 1.807) is 6.20 Å². The van der Waals surface area contributed by atoms with Gasteiger partial charge in [0, 0.05) is 31.4 Å². The molecule has 0 aliphatic rings. The first kappa shape index (κ1) is 16.2. The van der Waals surface area contributed by atoms with Crippen LogP contribution in [0.3, 0.4) is 0 Å². The molecule has 0 saturated heterocycles. The molecule has 0 aliphatic heterocycles. The Morgan fingerprint density at radius 2 is 1.86 bits per heavy atom. The number of amides is 1. The highest BCUT2D eigenvalue weighted by atomic mass is 16.1. The standard InChI is InChI=1S/C18H23N3O/c1-13-10-14(2)18(15(3)11-13)21-17(22)7-9-19-12-16-6-4-5-8-20-16/h4-6,8,10-11,19H,7,9,12H2,1-3H3,(H,21,22). The number of rotatable bonds is 6. The van der Waals surface area contributed by atoms with Crippen molar-refractivity contribution in [3.63, 3.8) is 0 Å². The molecule has 1 heterocycles. The summed E-state index contributed by atoms with van der Waals surface area (Å²) in [6.07, 6.45) is 2.21. The summed E-state index contributed by atoms with van der Waals surface area (Å²) < 4.78 is 0. The largest absolute Gasteiger partial charge is 0.326 e. The lowest BCUT2D eigenvalue weighted by molar-refractivity contribution is -0.116. The van der Waals surface area contributed by atoms with Crippen LogP contribution in [-0.2, 0) is 11.3 Å². The molecule has 2 N–H and O–H groups in total. The molecule has 4 heteroatoms. The lowest BCUT2D eigenvalue weighted by atomic mass is 10.1. The molecule has 0 spiro atoms. The molecule has 1 aromatic carbocycles. The first-order valence-electron chi connectivity index (χ1n) is 7.54. The summed E-state index contributed by atoms with van der Waals surface area (Å²) in [7, 11) is 0. The monoisotopic (exact) mass is 297 g/mol. The van der Waals surface area contributed by atoms with Crippen molar-refractivity contribution in [3.8, 4) is 0 Å². The second kappa shape index (κ2) is 7.71. The van der Waals surface area contributed by atoms with E-state index < -0.39 is 0 Å². The molecule has 4 nitrogen and oxygen atoms in total. The molecular formula is C18H23N3O. The number of aryl methyl sites for hydroxylation is 3. The number of carbonyl (C=O) groups is 1. The fourth-order valence-electron chi connectivity index (χ4n) is 2.50. The van der Waals surface area contributed by atoms with Crippen molar-refractivity contribution >= 4 is 11.6 Å². The fourth-order valence-corrected chi connectivity index (χ4v) is 2.50. The second-order valence-corrected chi connectivity index (χ2v) is 5.57. The minimum atomic E-state index is 0.0311. The van der Waals surface area contributed by atoms with Crippen LogP contribution in [0.2, 0.25) is 0 Å². The molecule has 0 fully saturated rings. The number of nitrogens with zero attached hydrogens (tertiary/aromatic N) is 1. The molecule has 0 atom stereocenters. The van der Waals surface area contributed by atoms with Gasteiger partial charge in [-0.05, 0) is 44.0 Å². The molecule has 22 heavy (non-hydrogen) atoms. The van der Waals surface area contributed by atoms with Crippen LogP contribution in [-0.4, -0.2) is 17.4 Å². The van der Waals surface area contributed by atoms with Gasteiger partial charge in [-0.2, -0.15) is 0 Å². The Balaban J connectivity index is 1.79. The number of nitrogens with one attached hydrogen (secondary N) is 2. The third kappa shape index (κ3) is 4.67. The van der Waals surface area contributed by atoms with Crippen molar-refractivity contribution in [3.05, 3.63) is 58.9 Å². The maximum Gasteiger partial charge on any atom is 0.225 e. The second-order valence-electron chi connectivity index (χ2n) is 5.57. The van der Waals surface area contributed by atoms with E-state index in [-0.39, 0.29) is 5.91 Å². The minimum Gasteiger partial charge on any atom is -0.326 e. The van der Waals surface area contributed by atoms with Crippen LogP contribution in [0.15, 0.2) is 36.5 Å². The number of hydrogen-bond acceptors (Lipinski definition) is 3. The third-order valence-electron chi connectivity index (χ3n) is 3.50. The zero-order chi connectivity index (χ0) is 15.9. The van der Waals surface area contributed by atoms with Gasteiger partial charge in [0.2, 0.25) is 5.91 Å². The lowest BCUT2D eigenvalue weighted by Gasteiger charge is -2.13. The normalized spacial score (nSPS) is 10.5. The minimum absolute atomic E-state index is 0.0311. The highest BCUT2D eigenvalue weighted by Crippen LogP contribution is 2.21. The number of pyridine rings is 1. The molecule has 1 aromatic heterocycles. The van der Waals surface area contributed by atoms with E-state index >= 15 is 0 Å². The average Bonchev–Trinajstić information content (AvgIpc) is 2.48. The van der Waals surface area contributed by atoms with E-state index in [0.717, 1.165) is 22.5 Å². The van der Waals surface area contributed by atoms with E-state index in [9.17, 15) is 4.79 Å². The van der Waals surface area contributed by atoms with Gasteiger partial charge in [0.15, 0.2) is 0 Å². The summed E-state index contributed by atoms with van der Waals surface area (Å²) in [6.45, 7) is 7.42. The molecule has 0 saturated carbocycles. The van der Waals surface area contributed by atoms with Crippen molar-refractivity contribution in [1.29, 1.82) is 0 Å². The highest BCUT2D eigenvalue weighted by Gasteiger charge is 2.08. The van der Waals surface area contributed by atoms with Gasteiger partial charge in [-0.25, -0.2) is 0 Å². The predicted octanol–water partition coefficient (Wildman–Crippen LogP) is 3.13. The van der Waals surface area contributed by atoms with Crippen LogP contribution >= 0.6 is 0 Å². The SMILES string of the molecule is Cc1cc(C)c(NC(=O)CCNCc2ccccn2)c(C)c1. The molecule has 1 amide bonds. The van der Waals surface area contributed by atoms with Gasteiger partial charge >= 0.3 is 0 Å². The van der Waals surface area contributed by atoms with Gasteiger partial charge in [0.25, 0.3) is 0 Å². The summed E-state index contributed by atoms with van der Waals surface area (Å²) in [5.41, 5.74) is 5.33. The highest BCUT2D eigenvalue weighted by molar-refractivity contribution is 5.92. The summed E-state index contributed by atoms with van der Waals surface area (Å²) >= 11 is 0. The third-order valence-corrected chi connectivity index (χ3v) is 3.50. The summed E-state index contributed by atoms with van der Waals surface area (Å²) in [5, 5.41) is 6.24.